The predicted octanol–water partition coefficient (Wildman–Crippen LogP) is 1.81. The molecule has 8 nitrogen and oxygen atoms in total. The van der Waals surface area contributed by atoms with Crippen molar-refractivity contribution in [2.24, 2.45) is 11.7 Å². The van der Waals surface area contributed by atoms with Crippen molar-refractivity contribution >= 4 is 17.7 Å². The Labute approximate surface area is 145 Å². The number of carbonyl (C=O) groups excluding carboxylic acids is 2. The maximum atomic E-state index is 12.4. The van der Waals surface area contributed by atoms with E-state index < -0.39 is 5.97 Å². The third-order valence-electron chi connectivity index (χ3n) is 4.34. The lowest BCUT2D eigenvalue weighted by molar-refractivity contribution is -0.119. The summed E-state index contributed by atoms with van der Waals surface area (Å²) in [6.07, 6.45) is 3.93. The highest BCUT2D eigenvalue weighted by atomic mass is 16.5. The predicted molar refractivity (Wildman–Crippen MR) is 91.3 cm³/mol. The molecule has 0 saturated carbocycles. The van der Waals surface area contributed by atoms with E-state index in [0.717, 1.165) is 25.0 Å². The molecule has 0 aromatic carbocycles. The third kappa shape index (κ3) is 3.53. The van der Waals surface area contributed by atoms with Gasteiger partial charge in [-0.3, -0.25) is 9.78 Å². The molecule has 132 valence electrons. The van der Waals surface area contributed by atoms with E-state index in [-0.39, 0.29) is 23.6 Å². The van der Waals surface area contributed by atoms with Crippen molar-refractivity contribution in [3.63, 3.8) is 0 Å². The van der Waals surface area contributed by atoms with Crippen molar-refractivity contribution in [2.45, 2.75) is 32.2 Å². The Morgan fingerprint density at radius 2 is 2.20 bits per heavy atom. The quantitative estimate of drug-likeness (QED) is 0.764. The van der Waals surface area contributed by atoms with Crippen LogP contribution in [0.2, 0.25) is 0 Å². The summed E-state index contributed by atoms with van der Waals surface area (Å²) in [6.45, 7) is 1.87. The van der Waals surface area contributed by atoms with Gasteiger partial charge < -0.3 is 15.8 Å². The number of methoxy groups -OCH3 is 1. The fourth-order valence-corrected chi connectivity index (χ4v) is 2.81. The molecule has 2 bridgehead atoms. The van der Waals surface area contributed by atoms with Crippen LogP contribution in [-0.4, -0.2) is 33.8 Å². The molecule has 3 rings (SSSR count). The first-order valence-electron chi connectivity index (χ1n) is 8.20. The minimum atomic E-state index is -0.572. The van der Waals surface area contributed by atoms with Crippen molar-refractivity contribution in [2.75, 3.05) is 12.4 Å². The number of aromatic nitrogens is 3. The molecule has 0 unspecified atom stereocenters. The van der Waals surface area contributed by atoms with Gasteiger partial charge >= 0.3 is 5.97 Å². The van der Waals surface area contributed by atoms with Crippen LogP contribution in [0.3, 0.4) is 0 Å². The van der Waals surface area contributed by atoms with Gasteiger partial charge in [-0.15, -0.1) is 0 Å². The maximum Gasteiger partial charge on any atom is 0.358 e. The molecule has 1 aliphatic heterocycles. The van der Waals surface area contributed by atoms with Gasteiger partial charge in [0.25, 0.3) is 0 Å². The number of fused-ring (bicyclic) bond motifs is 4. The molecule has 0 radical (unpaired) electrons. The first-order chi connectivity index (χ1) is 12.0. The third-order valence-corrected chi connectivity index (χ3v) is 4.34. The molecule has 2 aromatic heterocycles. The Morgan fingerprint density at radius 1 is 1.40 bits per heavy atom. The van der Waals surface area contributed by atoms with Crippen LogP contribution in [0.25, 0.3) is 5.69 Å². The summed E-state index contributed by atoms with van der Waals surface area (Å²) < 4.78 is 6.22. The smallest absolute Gasteiger partial charge is 0.358 e. The Morgan fingerprint density at radius 3 is 2.96 bits per heavy atom. The molecule has 3 N–H and O–H groups in total. The van der Waals surface area contributed by atoms with Crippen LogP contribution >= 0.6 is 0 Å². The van der Waals surface area contributed by atoms with E-state index in [9.17, 15) is 9.59 Å². The summed E-state index contributed by atoms with van der Waals surface area (Å²) in [5.74, 6) is -0.468. The van der Waals surface area contributed by atoms with Gasteiger partial charge in [0.05, 0.1) is 18.5 Å². The van der Waals surface area contributed by atoms with E-state index in [4.69, 9.17) is 10.5 Å². The summed E-state index contributed by atoms with van der Waals surface area (Å²) in [5.41, 5.74) is 7.76. The van der Waals surface area contributed by atoms with Crippen molar-refractivity contribution in [1.29, 1.82) is 0 Å². The van der Waals surface area contributed by atoms with E-state index in [0.29, 0.717) is 11.5 Å². The van der Waals surface area contributed by atoms with Crippen molar-refractivity contribution in [1.82, 2.24) is 14.8 Å². The number of nitrogens with one attached hydrogen (secondary N) is 1. The monoisotopic (exact) mass is 343 g/mol. The van der Waals surface area contributed by atoms with Crippen molar-refractivity contribution in [3.8, 4) is 5.69 Å². The molecule has 1 amide bonds. The Hall–Kier alpha value is -2.74. The first-order valence-corrected chi connectivity index (χ1v) is 8.20. The summed E-state index contributed by atoms with van der Waals surface area (Å²) >= 11 is 0. The summed E-state index contributed by atoms with van der Waals surface area (Å²) in [7, 11) is 1.29. The molecule has 0 saturated heterocycles. The van der Waals surface area contributed by atoms with Gasteiger partial charge in [-0.1, -0.05) is 13.3 Å². The number of ether oxygens (including phenoxy) is 1. The molecule has 3 heterocycles. The number of pyridine rings is 1. The van der Waals surface area contributed by atoms with Gasteiger partial charge in [-0.05, 0) is 25.0 Å². The van der Waals surface area contributed by atoms with Crippen LogP contribution in [0.4, 0.5) is 5.82 Å². The largest absolute Gasteiger partial charge is 0.464 e. The highest BCUT2D eigenvalue weighted by Crippen LogP contribution is 2.24. The van der Waals surface area contributed by atoms with Crippen LogP contribution in [0.15, 0.2) is 24.4 Å². The summed E-state index contributed by atoms with van der Waals surface area (Å²) in [4.78, 5) is 28.6. The van der Waals surface area contributed by atoms with E-state index in [1.54, 1.807) is 12.3 Å². The number of carbonyl (C=O) groups is 2. The SMILES string of the molecule is COC(=O)c1cc2n(n1)-c1ccnc(c1)[C@@H](N)CCC[C@@H](C)C(=O)N2. The number of amides is 1. The summed E-state index contributed by atoms with van der Waals surface area (Å²) in [6, 6.07) is 4.85. The fraction of sp³-hybridized carbons (Fsp3) is 0.412. The van der Waals surface area contributed by atoms with Gasteiger partial charge in [0.1, 0.15) is 5.82 Å². The second-order valence-electron chi connectivity index (χ2n) is 6.18. The average molecular weight is 343 g/mol. The second-order valence-corrected chi connectivity index (χ2v) is 6.18. The number of nitrogens with zero attached hydrogens (tertiary/aromatic N) is 3. The number of esters is 1. The second kappa shape index (κ2) is 7.02. The molecule has 2 atom stereocenters. The Bertz CT molecular complexity index is 801. The lowest BCUT2D eigenvalue weighted by Crippen LogP contribution is -2.23. The van der Waals surface area contributed by atoms with Crippen molar-refractivity contribution < 1.29 is 14.3 Å². The van der Waals surface area contributed by atoms with E-state index in [2.05, 4.69) is 15.4 Å². The molecular weight excluding hydrogens is 322 g/mol. The van der Waals surface area contributed by atoms with Crippen LogP contribution in [0, 0.1) is 5.92 Å². The fourth-order valence-electron chi connectivity index (χ4n) is 2.81. The number of rotatable bonds is 1. The Balaban J connectivity index is 2.11. The molecule has 0 aliphatic carbocycles. The molecule has 1 aliphatic rings. The van der Waals surface area contributed by atoms with Crippen LogP contribution < -0.4 is 11.1 Å². The number of hydrogen-bond acceptors (Lipinski definition) is 6. The number of hydrogen-bond donors (Lipinski definition) is 2. The number of anilines is 1. The zero-order valence-electron chi connectivity index (χ0n) is 14.2. The zero-order valence-corrected chi connectivity index (χ0v) is 14.2. The summed E-state index contributed by atoms with van der Waals surface area (Å²) in [5, 5.41) is 7.12. The minimum Gasteiger partial charge on any atom is -0.464 e. The first kappa shape index (κ1) is 17.1. The lowest BCUT2D eigenvalue weighted by Gasteiger charge is -2.17. The molecule has 25 heavy (non-hydrogen) atoms. The van der Waals surface area contributed by atoms with Gasteiger partial charge in [0.15, 0.2) is 5.69 Å². The van der Waals surface area contributed by atoms with E-state index >= 15 is 0 Å². The van der Waals surface area contributed by atoms with E-state index in [1.807, 2.05) is 13.0 Å². The normalized spacial score (nSPS) is 20.7. The van der Waals surface area contributed by atoms with Crippen LogP contribution in [-0.2, 0) is 9.53 Å². The van der Waals surface area contributed by atoms with Crippen LogP contribution in [0.1, 0.15) is 48.4 Å². The topological polar surface area (TPSA) is 112 Å². The average Bonchev–Trinajstić information content (AvgIpc) is 3.04. The van der Waals surface area contributed by atoms with E-state index in [1.165, 1.54) is 17.9 Å². The molecule has 0 spiro atoms. The molecular formula is C17H21N5O3. The Kier molecular flexibility index (Phi) is 4.80. The zero-order chi connectivity index (χ0) is 18.0. The van der Waals surface area contributed by atoms with Crippen molar-refractivity contribution in [3.05, 3.63) is 35.8 Å². The lowest BCUT2D eigenvalue weighted by atomic mass is 9.99. The number of nitrogens with two attached hydrogens (primary N) is 1. The molecule has 8 heteroatoms. The minimum absolute atomic E-state index is 0.114. The van der Waals surface area contributed by atoms with Gasteiger partial charge in [0, 0.05) is 24.2 Å². The highest BCUT2D eigenvalue weighted by molar-refractivity contribution is 5.94. The van der Waals surface area contributed by atoms with Gasteiger partial charge in [-0.25, -0.2) is 9.48 Å². The molecule has 0 fully saturated rings. The highest BCUT2D eigenvalue weighted by Gasteiger charge is 2.22. The van der Waals surface area contributed by atoms with Gasteiger partial charge in [0.2, 0.25) is 5.91 Å². The van der Waals surface area contributed by atoms with Crippen LogP contribution in [0.5, 0.6) is 0 Å². The maximum absolute atomic E-state index is 12.4. The molecule has 2 aromatic rings. The van der Waals surface area contributed by atoms with Gasteiger partial charge in [-0.2, -0.15) is 5.10 Å². The standard InChI is InChI=1S/C17H21N5O3/c1-10-4-3-5-12(18)13-8-11(6-7-19-13)22-15(20-16(10)23)9-14(21-22)17(24)25-2/h6-10,12H,3-5,18H2,1-2H3,(H,20,23)/t10-,12+/m1/s1.